The summed E-state index contributed by atoms with van der Waals surface area (Å²) < 4.78 is 18.0. The first-order chi connectivity index (χ1) is 9.90. The van der Waals surface area contributed by atoms with Crippen molar-refractivity contribution in [1.82, 2.24) is 4.90 Å². The van der Waals surface area contributed by atoms with Crippen molar-refractivity contribution < 1.29 is 23.6 Å². The minimum atomic E-state index is -0.795. The number of benzene rings is 1. The van der Waals surface area contributed by atoms with E-state index >= 15 is 0 Å². The predicted molar refractivity (Wildman–Crippen MR) is 71.3 cm³/mol. The van der Waals surface area contributed by atoms with Gasteiger partial charge in [-0.15, -0.1) is 0 Å². The van der Waals surface area contributed by atoms with Gasteiger partial charge in [0.1, 0.15) is 17.9 Å². The number of amides is 1. The Balaban J connectivity index is 3.07. The second kappa shape index (κ2) is 7.32. The van der Waals surface area contributed by atoms with Crippen molar-refractivity contribution in [1.29, 1.82) is 0 Å². The molecule has 0 N–H and O–H groups in total. The summed E-state index contributed by atoms with van der Waals surface area (Å²) in [5.41, 5.74) is -0.908. The lowest BCUT2D eigenvalue weighted by Crippen LogP contribution is -2.36. The van der Waals surface area contributed by atoms with Crippen molar-refractivity contribution in [3.63, 3.8) is 0 Å². The van der Waals surface area contributed by atoms with Crippen LogP contribution in [0.3, 0.4) is 0 Å². The molecule has 0 aliphatic rings. The van der Waals surface area contributed by atoms with Crippen LogP contribution >= 0.6 is 0 Å². The summed E-state index contributed by atoms with van der Waals surface area (Å²) in [7, 11) is 0. The molecule has 0 saturated carbocycles. The van der Waals surface area contributed by atoms with Crippen LogP contribution in [0.25, 0.3) is 0 Å². The molecule has 0 aromatic heterocycles. The second-order valence-corrected chi connectivity index (χ2v) is 4.04. The highest BCUT2D eigenvalue weighted by molar-refractivity contribution is 5.99. The third kappa shape index (κ3) is 4.23. The van der Waals surface area contributed by atoms with Gasteiger partial charge in [-0.05, 0) is 26.0 Å². The molecule has 0 atom stereocenters. The van der Waals surface area contributed by atoms with Crippen LogP contribution in [-0.2, 0) is 9.53 Å². The van der Waals surface area contributed by atoms with Crippen molar-refractivity contribution in [2.75, 3.05) is 19.7 Å². The average Bonchev–Trinajstić information content (AvgIpc) is 2.43. The SMILES string of the molecule is CCOC(=O)CN(CC)C(=O)c1cc(F)ccc1[N+](=O)[O-]. The maximum Gasteiger partial charge on any atom is 0.325 e. The van der Waals surface area contributed by atoms with E-state index in [1.807, 2.05) is 0 Å². The van der Waals surface area contributed by atoms with E-state index in [2.05, 4.69) is 0 Å². The minimum Gasteiger partial charge on any atom is -0.465 e. The Hall–Kier alpha value is -2.51. The summed E-state index contributed by atoms with van der Waals surface area (Å²) >= 11 is 0. The minimum absolute atomic E-state index is 0.130. The molecule has 0 saturated heterocycles. The van der Waals surface area contributed by atoms with Gasteiger partial charge in [0.2, 0.25) is 0 Å². The van der Waals surface area contributed by atoms with E-state index in [4.69, 9.17) is 4.74 Å². The van der Waals surface area contributed by atoms with Crippen molar-refractivity contribution >= 4 is 17.6 Å². The molecule has 0 bridgehead atoms. The first-order valence-corrected chi connectivity index (χ1v) is 6.29. The molecule has 114 valence electrons. The molecule has 0 spiro atoms. The molecular formula is C13H15FN2O5. The fourth-order valence-electron chi connectivity index (χ4n) is 1.70. The van der Waals surface area contributed by atoms with E-state index < -0.39 is 33.9 Å². The van der Waals surface area contributed by atoms with Gasteiger partial charge in [0.15, 0.2) is 0 Å². The number of hydrogen-bond acceptors (Lipinski definition) is 5. The molecule has 0 aliphatic heterocycles. The smallest absolute Gasteiger partial charge is 0.325 e. The summed E-state index contributed by atoms with van der Waals surface area (Å²) in [4.78, 5) is 34.8. The number of ether oxygens (including phenoxy) is 1. The van der Waals surface area contributed by atoms with Crippen molar-refractivity contribution in [3.05, 3.63) is 39.7 Å². The van der Waals surface area contributed by atoms with Crippen LogP contribution in [0, 0.1) is 15.9 Å². The van der Waals surface area contributed by atoms with Crippen LogP contribution in [0.1, 0.15) is 24.2 Å². The maximum absolute atomic E-state index is 13.2. The maximum atomic E-state index is 13.2. The Kier molecular flexibility index (Phi) is 5.77. The zero-order chi connectivity index (χ0) is 16.0. The quantitative estimate of drug-likeness (QED) is 0.453. The third-order valence-electron chi connectivity index (χ3n) is 2.68. The molecule has 21 heavy (non-hydrogen) atoms. The lowest BCUT2D eigenvalue weighted by molar-refractivity contribution is -0.385. The topological polar surface area (TPSA) is 89.8 Å². The van der Waals surface area contributed by atoms with Gasteiger partial charge in [-0.2, -0.15) is 0 Å². The monoisotopic (exact) mass is 298 g/mol. The number of nitro groups is 1. The van der Waals surface area contributed by atoms with Crippen LogP contribution < -0.4 is 0 Å². The van der Waals surface area contributed by atoms with Crippen LogP contribution in [0.4, 0.5) is 10.1 Å². The highest BCUT2D eigenvalue weighted by Gasteiger charge is 2.26. The fraction of sp³-hybridized carbons (Fsp3) is 0.385. The van der Waals surface area contributed by atoms with Crippen molar-refractivity contribution in [2.45, 2.75) is 13.8 Å². The summed E-state index contributed by atoms with van der Waals surface area (Å²) in [5.74, 6) is -2.19. The van der Waals surface area contributed by atoms with Crippen molar-refractivity contribution in [3.8, 4) is 0 Å². The summed E-state index contributed by atoms with van der Waals surface area (Å²) in [6, 6.07) is 2.60. The van der Waals surface area contributed by atoms with E-state index in [-0.39, 0.29) is 19.7 Å². The summed E-state index contributed by atoms with van der Waals surface area (Å²) in [6.45, 7) is 3.16. The predicted octanol–water partition coefficient (Wildman–Crippen LogP) is 1.76. The number of hydrogen-bond donors (Lipinski definition) is 0. The third-order valence-corrected chi connectivity index (χ3v) is 2.68. The highest BCUT2D eigenvalue weighted by Crippen LogP contribution is 2.21. The van der Waals surface area contributed by atoms with Crippen LogP contribution in [0.5, 0.6) is 0 Å². The number of carbonyl (C=O) groups is 2. The number of nitro benzene ring substituents is 1. The van der Waals surface area contributed by atoms with E-state index in [1.54, 1.807) is 13.8 Å². The van der Waals surface area contributed by atoms with E-state index in [9.17, 15) is 24.1 Å². The van der Waals surface area contributed by atoms with Gasteiger partial charge in [0.05, 0.1) is 11.5 Å². The Labute approximate surface area is 120 Å². The second-order valence-electron chi connectivity index (χ2n) is 4.04. The Bertz CT molecular complexity index is 561. The number of carbonyl (C=O) groups excluding carboxylic acids is 2. The summed E-state index contributed by atoms with van der Waals surface area (Å²) in [5, 5.41) is 10.9. The van der Waals surface area contributed by atoms with Gasteiger partial charge in [-0.3, -0.25) is 19.7 Å². The number of likely N-dealkylation sites (N-methyl/N-ethyl adjacent to an activating group) is 1. The van der Waals surface area contributed by atoms with Gasteiger partial charge in [0, 0.05) is 12.6 Å². The standard InChI is InChI=1S/C13H15FN2O5/c1-3-15(8-12(17)21-4-2)13(18)10-7-9(14)5-6-11(10)16(19)20/h5-7H,3-4,8H2,1-2H3. The molecular weight excluding hydrogens is 283 g/mol. The summed E-state index contributed by atoms with van der Waals surface area (Å²) in [6.07, 6.45) is 0. The lowest BCUT2D eigenvalue weighted by atomic mass is 10.1. The van der Waals surface area contributed by atoms with E-state index in [0.29, 0.717) is 0 Å². The molecule has 0 heterocycles. The molecule has 1 aromatic carbocycles. The zero-order valence-corrected chi connectivity index (χ0v) is 11.7. The molecule has 1 amide bonds. The van der Waals surface area contributed by atoms with E-state index in [1.165, 1.54) is 0 Å². The molecule has 1 aromatic rings. The van der Waals surface area contributed by atoms with E-state index in [0.717, 1.165) is 23.1 Å². The molecule has 0 unspecified atom stereocenters. The van der Waals surface area contributed by atoms with Gasteiger partial charge >= 0.3 is 5.97 Å². The molecule has 0 fully saturated rings. The number of esters is 1. The van der Waals surface area contributed by atoms with Gasteiger partial charge in [0.25, 0.3) is 11.6 Å². The Morgan fingerprint density at radius 3 is 2.57 bits per heavy atom. The Morgan fingerprint density at radius 1 is 1.38 bits per heavy atom. The molecule has 0 radical (unpaired) electrons. The van der Waals surface area contributed by atoms with Gasteiger partial charge < -0.3 is 9.64 Å². The highest BCUT2D eigenvalue weighted by atomic mass is 19.1. The number of halogens is 1. The lowest BCUT2D eigenvalue weighted by Gasteiger charge is -2.19. The molecule has 7 nitrogen and oxygen atoms in total. The van der Waals surface area contributed by atoms with Gasteiger partial charge in [-0.25, -0.2) is 4.39 Å². The molecule has 8 heteroatoms. The first-order valence-electron chi connectivity index (χ1n) is 6.29. The zero-order valence-electron chi connectivity index (χ0n) is 11.7. The van der Waals surface area contributed by atoms with Crippen LogP contribution in [0.2, 0.25) is 0 Å². The number of nitrogens with zero attached hydrogens (tertiary/aromatic N) is 2. The molecule has 0 aliphatic carbocycles. The fourth-order valence-corrected chi connectivity index (χ4v) is 1.70. The van der Waals surface area contributed by atoms with Gasteiger partial charge in [-0.1, -0.05) is 0 Å². The largest absolute Gasteiger partial charge is 0.465 e. The number of rotatable bonds is 6. The molecule has 1 rings (SSSR count). The van der Waals surface area contributed by atoms with Crippen molar-refractivity contribution in [2.24, 2.45) is 0 Å². The average molecular weight is 298 g/mol. The van der Waals surface area contributed by atoms with Crippen LogP contribution in [-0.4, -0.2) is 41.4 Å². The van der Waals surface area contributed by atoms with Crippen LogP contribution in [0.15, 0.2) is 18.2 Å². The first kappa shape index (κ1) is 16.5. The Morgan fingerprint density at radius 2 is 2.05 bits per heavy atom. The normalized spacial score (nSPS) is 10.0.